The zero-order chi connectivity index (χ0) is 10.7. The van der Waals surface area contributed by atoms with Gasteiger partial charge in [-0.05, 0) is 17.7 Å². The van der Waals surface area contributed by atoms with Gasteiger partial charge in [-0.2, -0.15) is 9.36 Å². The van der Waals surface area contributed by atoms with Crippen molar-refractivity contribution >= 4 is 23.1 Å². The molecule has 0 atom stereocenters. The summed E-state index contributed by atoms with van der Waals surface area (Å²) in [5.41, 5.74) is 6.45. The fourth-order valence-corrected chi connectivity index (χ4v) is 1.70. The van der Waals surface area contributed by atoms with E-state index < -0.39 is 0 Å². The Balaban J connectivity index is 2.22. The Bertz CT molecular complexity index is 447. The number of hydrogen-bond acceptors (Lipinski definition) is 5. The van der Waals surface area contributed by atoms with Gasteiger partial charge >= 0.3 is 0 Å². The number of rotatable bonds is 3. The molecule has 2 N–H and O–H groups in total. The lowest BCUT2D eigenvalue weighted by Crippen LogP contribution is -1.96. The van der Waals surface area contributed by atoms with Gasteiger partial charge in [-0.15, -0.1) is 0 Å². The first-order valence-corrected chi connectivity index (χ1v) is 5.38. The van der Waals surface area contributed by atoms with Gasteiger partial charge in [0, 0.05) is 18.1 Å². The summed E-state index contributed by atoms with van der Waals surface area (Å²) in [7, 11) is 0. The molecular formula is C9H8ClN3OS. The van der Waals surface area contributed by atoms with E-state index in [-0.39, 0.29) is 0 Å². The highest BCUT2D eigenvalue weighted by Gasteiger charge is 2.05. The smallest absolute Gasteiger partial charge is 0.298 e. The lowest BCUT2D eigenvalue weighted by molar-refractivity contribution is 0.479. The van der Waals surface area contributed by atoms with Crippen molar-refractivity contribution in [3.05, 3.63) is 35.1 Å². The van der Waals surface area contributed by atoms with Gasteiger partial charge in [-0.3, -0.25) is 0 Å². The molecule has 78 valence electrons. The number of halogens is 1. The van der Waals surface area contributed by atoms with Crippen molar-refractivity contribution in [3.8, 4) is 10.9 Å². The highest BCUT2D eigenvalue weighted by atomic mass is 35.5. The van der Waals surface area contributed by atoms with Crippen LogP contribution in [0.5, 0.6) is 10.9 Å². The third-order valence-electron chi connectivity index (χ3n) is 1.77. The lowest BCUT2D eigenvalue weighted by atomic mass is 10.2. The number of aromatic nitrogens is 2. The van der Waals surface area contributed by atoms with E-state index >= 15 is 0 Å². The third kappa shape index (κ3) is 2.44. The Labute approximate surface area is 95.8 Å². The zero-order valence-corrected chi connectivity index (χ0v) is 9.26. The van der Waals surface area contributed by atoms with Crippen LogP contribution in [-0.2, 0) is 6.54 Å². The largest absolute Gasteiger partial charge is 0.428 e. The molecule has 0 saturated carbocycles. The Morgan fingerprint density at radius 1 is 1.47 bits per heavy atom. The molecular weight excluding hydrogens is 234 g/mol. The van der Waals surface area contributed by atoms with Crippen LogP contribution < -0.4 is 10.5 Å². The van der Waals surface area contributed by atoms with E-state index in [2.05, 4.69) is 9.36 Å². The van der Waals surface area contributed by atoms with E-state index in [1.807, 2.05) is 6.07 Å². The highest BCUT2D eigenvalue weighted by molar-refractivity contribution is 7.07. The van der Waals surface area contributed by atoms with Crippen LogP contribution in [0.3, 0.4) is 0 Å². The summed E-state index contributed by atoms with van der Waals surface area (Å²) < 4.78 is 9.24. The molecule has 0 unspecified atom stereocenters. The summed E-state index contributed by atoms with van der Waals surface area (Å²) in [6.45, 7) is 0.457. The monoisotopic (exact) mass is 241 g/mol. The normalized spacial score (nSPS) is 10.3. The Kier molecular flexibility index (Phi) is 3.15. The van der Waals surface area contributed by atoms with E-state index in [1.54, 1.807) is 12.1 Å². The standard InChI is InChI=1S/C9H8ClN3OS/c10-7-3-6(4-11)1-2-8(7)14-9-12-5-13-15-9/h1-3,5H,4,11H2. The van der Waals surface area contributed by atoms with E-state index in [9.17, 15) is 0 Å². The number of nitrogens with zero attached hydrogens (tertiary/aromatic N) is 2. The quantitative estimate of drug-likeness (QED) is 0.897. The summed E-state index contributed by atoms with van der Waals surface area (Å²) in [5.74, 6) is 0.561. The van der Waals surface area contributed by atoms with Crippen molar-refractivity contribution < 1.29 is 4.74 Å². The van der Waals surface area contributed by atoms with Crippen LogP contribution in [0.4, 0.5) is 0 Å². The molecule has 0 fully saturated rings. The van der Waals surface area contributed by atoms with Crippen LogP contribution in [0, 0.1) is 0 Å². The molecule has 15 heavy (non-hydrogen) atoms. The molecule has 4 nitrogen and oxygen atoms in total. The van der Waals surface area contributed by atoms with Gasteiger partial charge in [0.2, 0.25) is 0 Å². The van der Waals surface area contributed by atoms with Crippen molar-refractivity contribution in [2.24, 2.45) is 5.73 Å². The van der Waals surface area contributed by atoms with Crippen molar-refractivity contribution in [3.63, 3.8) is 0 Å². The number of hydrogen-bond donors (Lipinski definition) is 1. The number of benzene rings is 1. The van der Waals surface area contributed by atoms with E-state index in [4.69, 9.17) is 22.1 Å². The fraction of sp³-hybridized carbons (Fsp3) is 0.111. The first-order chi connectivity index (χ1) is 7.29. The molecule has 1 aromatic heterocycles. The molecule has 0 aliphatic carbocycles. The summed E-state index contributed by atoms with van der Waals surface area (Å²) >= 11 is 7.17. The predicted molar refractivity (Wildman–Crippen MR) is 59.3 cm³/mol. The van der Waals surface area contributed by atoms with E-state index in [0.29, 0.717) is 22.5 Å². The van der Waals surface area contributed by atoms with Crippen LogP contribution in [0.2, 0.25) is 5.02 Å². The molecule has 6 heteroatoms. The summed E-state index contributed by atoms with van der Waals surface area (Å²) in [4.78, 5) is 3.90. The van der Waals surface area contributed by atoms with Gasteiger partial charge in [0.05, 0.1) is 5.02 Å². The fourth-order valence-electron chi connectivity index (χ4n) is 1.06. The Morgan fingerprint density at radius 2 is 2.33 bits per heavy atom. The van der Waals surface area contributed by atoms with Gasteiger partial charge in [0.15, 0.2) is 0 Å². The second kappa shape index (κ2) is 4.57. The second-order valence-electron chi connectivity index (χ2n) is 2.78. The van der Waals surface area contributed by atoms with E-state index in [1.165, 1.54) is 17.9 Å². The molecule has 0 aliphatic rings. The minimum absolute atomic E-state index is 0.457. The third-order valence-corrected chi connectivity index (χ3v) is 2.61. The molecule has 2 rings (SSSR count). The first-order valence-electron chi connectivity index (χ1n) is 4.22. The van der Waals surface area contributed by atoms with Crippen LogP contribution >= 0.6 is 23.1 Å². The minimum Gasteiger partial charge on any atom is -0.428 e. The summed E-state index contributed by atoms with van der Waals surface area (Å²) in [6, 6.07) is 5.41. The topological polar surface area (TPSA) is 61.0 Å². The number of nitrogens with two attached hydrogens (primary N) is 1. The van der Waals surface area contributed by atoms with Crippen molar-refractivity contribution in [2.45, 2.75) is 6.54 Å². The second-order valence-corrected chi connectivity index (χ2v) is 3.93. The van der Waals surface area contributed by atoms with Gasteiger partial charge in [-0.25, -0.2) is 0 Å². The van der Waals surface area contributed by atoms with Gasteiger partial charge in [0.1, 0.15) is 12.1 Å². The van der Waals surface area contributed by atoms with Gasteiger partial charge < -0.3 is 10.5 Å². The summed E-state index contributed by atoms with van der Waals surface area (Å²) in [5, 5.41) is 0.991. The molecule has 1 aromatic carbocycles. The molecule has 0 spiro atoms. The van der Waals surface area contributed by atoms with Crippen LogP contribution in [-0.4, -0.2) is 9.36 Å². The van der Waals surface area contributed by atoms with Crippen molar-refractivity contribution in [1.82, 2.24) is 9.36 Å². The average Bonchev–Trinajstić information content (AvgIpc) is 2.74. The zero-order valence-electron chi connectivity index (χ0n) is 7.68. The highest BCUT2D eigenvalue weighted by Crippen LogP contribution is 2.30. The molecule has 0 saturated heterocycles. The molecule has 0 amide bonds. The van der Waals surface area contributed by atoms with Gasteiger partial charge in [-0.1, -0.05) is 17.7 Å². The maximum Gasteiger partial charge on any atom is 0.298 e. The molecule has 0 aliphatic heterocycles. The van der Waals surface area contributed by atoms with Gasteiger partial charge in [0.25, 0.3) is 5.19 Å². The van der Waals surface area contributed by atoms with E-state index in [0.717, 1.165) is 5.56 Å². The Hall–Kier alpha value is -1.17. The molecule has 1 heterocycles. The predicted octanol–water partition coefficient (Wildman–Crippen LogP) is 2.44. The maximum absolute atomic E-state index is 6.00. The van der Waals surface area contributed by atoms with Crippen molar-refractivity contribution in [1.29, 1.82) is 0 Å². The number of ether oxygens (including phenoxy) is 1. The van der Waals surface area contributed by atoms with Crippen molar-refractivity contribution in [2.75, 3.05) is 0 Å². The SMILES string of the molecule is NCc1ccc(Oc2ncns2)c(Cl)c1. The van der Waals surface area contributed by atoms with Crippen LogP contribution in [0.1, 0.15) is 5.56 Å². The minimum atomic E-state index is 0.457. The molecule has 0 radical (unpaired) electrons. The Morgan fingerprint density at radius 3 is 2.93 bits per heavy atom. The van der Waals surface area contributed by atoms with Crippen LogP contribution in [0.25, 0.3) is 0 Å². The lowest BCUT2D eigenvalue weighted by Gasteiger charge is -2.04. The average molecular weight is 242 g/mol. The first kappa shape index (κ1) is 10.4. The van der Waals surface area contributed by atoms with Crippen LogP contribution in [0.15, 0.2) is 24.5 Å². The molecule has 0 bridgehead atoms. The summed E-state index contributed by atoms with van der Waals surface area (Å²) in [6.07, 6.45) is 1.43. The maximum atomic E-state index is 6.00. The molecule has 2 aromatic rings.